The lowest BCUT2D eigenvalue weighted by atomic mass is 9.84. The highest BCUT2D eigenvalue weighted by Gasteiger charge is 2.40. The molecule has 2 heterocycles. The first-order chi connectivity index (χ1) is 13.7. The first-order valence-electron chi connectivity index (χ1n) is 9.77. The predicted molar refractivity (Wildman–Crippen MR) is 105 cm³/mol. The third-order valence-corrected chi connectivity index (χ3v) is 5.80. The van der Waals surface area contributed by atoms with E-state index in [2.05, 4.69) is 11.1 Å². The van der Waals surface area contributed by atoms with Gasteiger partial charge in [-0.05, 0) is 36.1 Å². The summed E-state index contributed by atoms with van der Waals surface area (Å²) in [5, 5.41) is 0.987. The number of fused-ring (bicyclic) bond motifs is 3. The molecule has 0 radical (unpaired) electrons. The number of aromatic amines is 1. The zero-order chi connectivity index (χ0) is 19.1. The third-order valence-electron chi connectivity index (χ3n) is 5.80. The lowest BCUT2D eigenvalue weighted by Crippen LogP contribution is -2.37. The standard InChI is InChI=1S/C23H23NO4/c1-15-20(22(25)26-14-16-5-3-2-4-6-16)21-18-9-10-23(27-11-12-28-23)13-17(18)7-8-19(21)24-15/h2-8,24H,9-14H2,1H3. The Hall–Kier alpha value is -2.63. The minimum absolute atomic E-state index is 0.269. The van der Waals surface area contributed by atoms with Crippen LogP contribution in [0, 0.1) is 6.92 Å². The smallest absolute Gasteiger partial charge is 0.340 e. The van der Waals surface area contributed by atoms with Gasteiger partial charge < -0.3 is 19.2 Å². The molecule has 0 saturated carbocycles. The Kier molecular flexibility index (Phi) is 4.22. The number of hydrogen-bond donors (Lipinski definition) is 1. The molecule has 2 aliphatic rings. The maximum Gasteiger partial charge on any atom is 0.340 e. The molecule has 0 amide bonds. The highest BCUT2D eigenvalue weighted by Crippen LogP contribution is 2.39. The number of aromatic nitrogens is 1. The Balaban J connectivity index is 1.49. The molecule has 3 aromatic rings. The van der Waals surface area contributed by atoms with Crippen molar-refractivity contribution in [2.24, 2.45) is 0 Å². The second-order valence-corrected chi connectivity index (χ2v) is 7.60. The van der Waals surface area contributed by atoms with E-state index in [1.807, 2.05) is 43.3 Å². The molecule has 144 valence electrons. The van der Waals surface area contributed by atoms with Gasteiger partial charge in [-0.25, -0.2) is 4.79 Å². The summed E-state index contributed by atoms with van der Waals surface area (Å²) in [6, 6.07) is 13.9. The van der Waals surface area contributed by atoms with Gasteiger partial charge in [-0.15, -0.1) is 0 Å². The van der Waals surface area contributed by atoms with Crippen molar-refractivity contribution in [2.45, 2.75) is 38.6 Å². The molecule has 1 saturated heterocycles. The Labute approximate surface area is 163 Å². The molecule has 1 aliphatic heterocycles. The van der Waals surface area contributed by atoms with Gasteiger partial charge >= 0.3 is 5.97 Å². The maximum atomic E-state index is 13.0. The number of ether oxygens (including phenoxy) is 3. The van der Waals surface area contributed by atoms with Crippen molar-refractivity contribution >= 4 is 16.9 Å². The summed E-state index contributed by atoms with van der Waals surface area (Å²) < 4.78 is 17.4. The zero-order valence-electron chi connectivity index (χ0n) is 15.9. The fourth-order valence-corrected chi connectivity index (χ4v) is 4.47. The lowest BCUT2D eigenvalue weighted by molar-refractivity contribution is -0.163. The Bertz CT molecular complexity index is 1030. The molecule has 1 aliphatic carbocycles. The van der Waals surface area contributed by atoms with E-state index < -0.39 is 5.79 Å². The first kappa shape index (κ1) is 17.5. The summed E-state index contributed by atoms with van der Waals surface area (Å²) in [5.41, 5.74) is 5.84. The summed E-state index contributed by atoms with van der Waals surface area (Å²) in [6.45, 7) is 3.50. The topological polar surface area (TPSA) is 60.6 Å². The number of hydrogen-bond acceptors (Lipinski definition) is 4. The van der Waals surface area contributed by atoms with Crippen LogP contribution in [0.25, 0.3) is 10.9 Å². The molecule has 2 aromatic carbocycles. The minimum atomic E-state index is -0.486. The minimum Gasteiger partial charge on any atom is -0.457 e. The number of nitrogens with one attached hydrogen (secondary N) is 1. The van der Waals surface area contributed by atoms with Crippen LogP contribution in [0.5, 0.6) is 0 Å². The summed E-state index contributed by atoms with van der Waals surface area (Å²) in [7, 11) is 0. The zero-order valence-corrected chi connectivity index (χ0v) is 15.9. The van der Waals surface area contributed by atoms with E-state index in [0.717, 1.165) is 41.4 Å². The van der Waals surface area contributed by atoms with Crippen LogP contribution in [-0.4, -0.2) is 30.0 Å². The number of H-pyrrole nitrogens is 1. The molecule has 28 heavy (non-hydrogen) atoms. The fourth-order valence-electron chi connectivity index (χ4n) is 4.47. The molecule has 1 fully saturated rings. The fraction of sp³-hybridized carbons (Fsp3) is 0.348. The lowest BCUT2D eigenvalue weighted by Gasteiger charge is -2.33. The second kappa shape index (κ2) is 6.76. The van der Waals surface area contributed by atoms with E-state index in [4.69, 9.17) is 14.2 Å². The van der Waals surface area contributed by atoms with Crippen molar-refractivity contribution in [3.05, 3.63) is 70.4 Å². The van der Waals surface area contributed by atoms with E-state index in [-0.39, 0.29) is 12.6 Å². The number of aryl methyl sites for hydroxylation is 2. The number of benzene rings is 2. The quantitative estimate of drug-likeness (QED) is 0.699. The van der Waals surface area contributed by atoms with Gasteiger partial charge in [-0.3, -0.25) is 0 Å². The summed E-state index contributed by atoms with van der Waals surface area (Å²) in [4.78, 5) is 16.3. The van der Waals surface area contributed by atoms with Crippen LogP contribution in [0.15, 0.2) is 42.5 Å². The molecule has 1 N–H and O–H groups in total. The largest absolute Gasteiger partial charge is 0.457 e. The second-order valence-electron chi connectivity index (χ2n) is 7.60. The van der Waals surface area contributed by atoms with Crippen molar-refractivity contribution in [3.63, 3.8) is 0 Å². The predicted octanol–water partition coefficient (Wildman–Crippen LogP) is 4.07. The maximum absolute atomic E-state index is 13.0. The van der Waals surface area contributed by atoms with Crippen LogP contribution in [0.4, 0.5) is 0 Å². The van der Waals surface area contributed by atoms with Gasteiger partial charge in [0.2, 0.25) is 0 Å². The number of esters is 1. The molecule has 5 heteroatoms. The molecule has 0 atom stereocenters. The Morgan fingerprint density at radius 2 is 1.93 bits per heavy atom. The van der Waals surface area contributed by atoms with Crippen molar-refractivity contribution in [3.8, 4) is 0 Å². The van der Waals surface area contributed by atoms with Gasteiger partial charge in [0.05, 0.1) is 18.8 Å². The van der Waals surface area contributed by atoms with Gasteiger partial charge in [-0.2, -0.15) is 0 Å². The van der Waals surface area contributed by atoms with E-state index in [9.17, 15) is 4.79 Å². The van der Waals surface area contributed by atoms with Crippen LogP contribution in [-0.2, 0) is 33.7 Å². The molecule has 0 unspecified atom stereocenters. The van der Waals surface area contributed by atoms with E-state index in [1.165, 1.54) is 11.1 Å². The first-order valence-corrected chi connectivity index (χ1v) is 9.77. The van der Waals surface area contributed by atoms with Crippen LogP contribution in [0.3, 0.4) is 0 Å². The van der Waals surface area contributed by atoms with Gasteiger partial charge in [0.1, 0.15) is 6.61 Å². The van der Waals surface area contributed by atoms with Crippen LogP contribution in [0.2, 0.25) is 0 Å². The normalized spacial score (nSPS) is 17.8. The number of carbonyl (C=O) groups excluding carboxylic acids is 1. The summed E-state index contributed by atoms with van der Waals surface area (Å²) >= 11 is 0. The average molecular weight is 377 g/mol. The van der Waals surface area contributed by atoms with E-state index in [1.54, 1.807) is 0 Å². The van der Waals surface area contributed by atoms with Gasteiger partial charge in [-0.1, -0.05) is 36.4 Å². The van der Waals surface area contributed by atoms with E-state index >= 15 is 0 Å². The molecular weight excluding hydrogens is 354 g/mol. The highest BCUT2D eigenvalue weighted by molar-refractivity contribution is 6.07. The van der Waals surface area contributed by atoms with Crippen LogP contribution >= 0.6 is 0 Å². The molecule has 5 nitrogen and oxygen atoms in total. The van der Waals surface area contributed by atoms with Crippen molar-refractivity contribution in [1.82, 2.24) is 4.98 Å². The third kappa shape index (κ3) is 2.91. The highest BCUT2D eigenvalue weighted by atomic mass is 16.7. The SMILES string of the molecule is Cc1[nH]c2ccc3c(c2c1C(=O)OCc1ccccc1)CCC1(C3)OCCO1. The van der Waals surface area contributed by atoms with Crippen molar-refractivity contribution in [2.75, 3.05) is 13.2 Å². The van der Waals surface area contributed by atoms with Crippen molar-refractivity contribution < 1.29 is 19.0 Å². The average Bonchev–Trinajstić information content (AvgIpc) is 3.30. The van der Waals surface area contributed by atoms with Gasteiger partial charge in [0.15, 0.2) is 5.79 Å². The monoisotopic (exact) mass is 377 g/mol. The Morgan fingerprint density at radius 3 is 2.71 bits per heavy atom. The molecule has 1 aromatic heterocycles. The van der Waals surface area contributed by atoms with Crippen LogP contribution in [0.1, 0.15) is 39.2 Å². The van der Waals surface area contributed by atoms with Gasteiger partial charge in [0.25, 0.3) is 0 Å². The van der Waals surface area contributed by atoms with Crippen LogP contribution < -0.4 is 0 Å². The van der Waals surface area contributed by atoms with Crippen molar-refractivity contribution in [1.29, 1.82) is 0 Å². The van der Waals surface area contributed by atoms with E-state index in [0.29, 0.717) is 18.8 Å². The molecule has 5 rings (SSSR count). The molecule has 1 spiro atoms. The number of carbonyl (C=O) groups is 1. The Morgan fingerprint density at radius 1 is 1.14 bits per heavy atom. The summed E-state index contributed by atoms with van der Waals surface area (Å²) in [6.07, 6.45) is 2.35. The molecular formula is C23H23NO4. The number of rotatable bonds is 3. The summed E-state index contributed by atoms with van der Waals surface area (Å²) in [5.74, 6) is -0.769. The molecule has 0 bridgehead atoms. The van der Waals surface area contributed by atoms with Gasteiger partial charge in [0, 0.05) is 29.4 Å².